The Morgan fingerprint density at radius 1 is 1.33 bits per heavy atom. The molecule has 0 saturated heterocycles. The second-order valence-electron chi connectivity index (χ2n) is 5.52. The highest BCUT2D eigenvalue weighted by Gasteiger charge is 2.17. The first kappa shape index (κ1) is 17.6. The van der Waals surface area contributed by atoms with Gasteiger partial charge in [0.15, 0.2) is 0 Å². The third kappa shape index (κ3) is 5.94. The van der Waals surface area contributed by atoms with Gasteiger partial charge in [-0.1, -0.05) is 44.5 Å². The number of thioether (sulfide) groups is 1. The molecule has 1 atom stereocenters. The summed E-state index contributed by atoms with van der Waals surface area (Å²) < 4.78 is 0.207. The molecule has 1 rings (SSSR count). The van der Waals surface area contributed by atoms with Crippen LogP contribution in [0.3, 0.4) is 0 Å². The maximum atomic E-state index is 6.24. The largest absolute Gasteiger partial charge is 0.324 e. The number of rotatable bonds is 4. The Morgan fingerprint density at radius 2 is 1.89 bits per heavy atom. The third-order valence-electron chi connectivity index (χ3n) is 2.30. The van der Waals surface area contributed by atoms with Crippen molar-refractivity contribution in [2.75, 3.05) is 0 Å². The molecule has 0 heterocycles. The molecule has 0 spiro atoms. The fourth-order valence-electron chi connectivity index (χ4n) is 1.70. The van der Waals surface area contributed by atoms with Gasteiger partial charge in [-0.3, -0.25) is 0 Å². The zero-order chi connectivity index (χ0) is 13.1. The Kier molecular flexibility index (Phi) is 7.05. The highest BCUT2D eigenvalue weighted by atomic mass is 35.5. The molecular weight excluding hydrogens is 262 g/mol. The van der Waals surface area contributed by atoms with Crippen molar-refractivity contribution in [2.24, 2.45) is 5.73 Å². The van der Waals surface area contributed by atoms with Crippen molar-refractivity contribution in [3.05, 3.63) is 42.0 Å². The molecule has 3 heteroatoms. The molecule has 0 bridgehead atoms. The topological polar surface area (TPSA) is 26.0 Å². The maximum Gasteiger partial charge on any atom is 0.0343 e. The number of nitrogens with two attached hydrogens (primary N) is 1. The van der Waals surface area contributed by atoms with E-state index in [1.54, 1.807) is 0 Å². The van der Waals surface area contributed by atoms with Gasteiger partial charge < -0.3 is 5.73 Å². The minimum absolute atomic E-state index is 0. The average molecular weight is 286 g/mol. The third-order valence-corrected chi connectivity index (χ3v) is 3.51. The van der Waals surface area contributed by atoms with Crippen LogP contribution in [0, 0.1) is 0 Å². The molecular formula is C15H24ClNS. The summed E-state index contributed by atoms with van der Waals surface area (Å²) >= 11 is 1.87. The van der Waals surface area contributed by atoms with Crippen molar-refractivity contribution >= 4 is 24.2 Å². The van der Waals surface area contributed by atoms with E-state index in [0.717, 1.165) is 12.0 Å². The Labute approximate surface area is 122 Å². The summed E-state index contributed by atoms with van der Waals surface area (Å²) in [6.45, 7) is 12.6. The number of hydrogen-bond donors (Lipinski definition) is 1. The van der Waals surface area contributed by atoms with Gasteiger partial charge >= 0.3 is 0 Å². The standard InChI is InChI=1S/C15H23NS.ClH/c1-11(2)10-13(16)12-8-6-7-9-14(12)17-15(3,4)5;/h6-9,13H,1,10,16H2,2-5H3;1H/t13-;/m1./s1. The predicted molar refractivity (Wildman–Crippen MR) is 85.7 cm³/mol. The Morgan fingerprint density at radius 3 is 2.39 bits per heavy atom. The number of hydrogen-bond acceptors (Lipinski definition) is 2. The molecule has 18 heavy (non-hydrogen) atoms. The van der Waals surface area contributed by atoms with Crippen LogP contribution in [0.25, 0.3) is 0 Å². The molecule has 0 unspecified atom stereocenters. The van der Waals surface area contributed by atoms with E-state index < -0.39 is 0 Å². The molecule has 102 valence electrons. The minimum atomic E-state index is 0. The van der Waals surface area contributed by atoms with Gasteiger partial charge in [0.2, 0.25) is 0 Å². The van der Waals surface area contributed by atoms with Gasteiger partial charge in [0, 0.05) is 15.7 Å². The van der Waals surface area contributed by atoms with Crippen molar-refractivity contribution in [3.8, 4) is 0 Å². The summed E-state index contributed by atoms with van der Waals surface area (Å²) in [7, 11) is 0. The molecule has 1 nitrogen and oxygen atoms in total. The van der Waals surface area contributed by atoms with E-state index in [9.17, 15) is 0 Å². The van der Waals surface area contributed by atoms with E-state index in [1.165, 1.54) is 10.5 Å². The smallest absolute Gasteiger partial charge is 0.0343 e. The summed E-state index contributed by atoms with van der Waals surface area (Å²) in [6.07, 6.45) is 0.849. The molecule has 0 fully saturated rings. The van der Waals surface area contributed by atoms with Gasteiger partial charge in [-0.25, -0.2) is 0 Å². The fourth-order valence-corrected chi connectivity index (χ4v) is 2.84. The van der Waals surface area contributed by atoms with Crippen molar-refractivity contribution < 1.29 is 0 Å². The lowest BCUT2D eigenvalue weighted by Crippen LogP contribution is -2.14. The number of halogens is 1. The van der Waals surface area contributed by atoms with Crippen molar-refractivity contribution in [2.45, 2.75) is 49.8 Å². The van der Waals surface area contributed by atoms with Gasteiger partial charge in [0.1, 0.15) is 0 Å². The molecule has 0 saturated carbocycles. The summed E-state index contributed by atoms with van der Waals surface area (Å²) in [5.41, 5.74) is 8.61. The van der Waals surface area contributed by atoms with Crippen LogP contribution in [-0.2, 0) is 0 Å². The minimum Gasteiger partial charge on any atom is -0.324 e. The highest BCUT2D eigenvalue weighted by molar-refractivity contribution is 8.00. The first-order chi connectivity index (χ1) is 7.79. The monoisotopic (exact) mass is 285 g/mol. The van der Waals surface area contributed by atoms with Crippen molar-refractivity contribution in [1.29, 1.82) is 0 Å². The molecule has 1 aromatic rings. The van der Waals surface area contributed by atoms with E-state index >= 15 is 0 Å². The molecule has 0 aliphatic carbocycles. The Balaban J connectivity index is 0.00000289. The average Bonchev–Trinajstić information content (AvgIpc) is 2.14. The van der Waals surface area contributed by atoms with Gasteiger partial charge in [0.05, 0.1) is 0 Å². The predicted octanol–water partition coefficient (Wildman–Crippen LogP) is 4.97. The lowest BCUT2D eigenvalue weighted by molar-refractivity contribution is 0.701. The lowest BCUT2D eigenvalue weighted by atomic mass is 10.0. The first-order valence-corrected chi connectivity index (χ1v) is 6.79. The molecule has 0 radical (unpaired) electrons. The van der Waals surface area contributed by atoms with E-state index in [0.29, 0.717) is 0 Å². The molecule has 2 N–H and O–H groups in total. The normalized spacial score (nSPS) is 12.7. The van der Waals surface area contributed by atoms with Gasteiger partial charge in [-0.15, -0.1) is 30.7 Å². The zero-order valence-corrected chi connectivity index (χ0v) is 13.3. The Bertz CT molecular complexity index is 396. The summed E-state index contributed by atoms with van der Waals surface area (Å²) in [5, 5.41) is 0. The highest BCUT2D eigenvalue weighted by Crippen LogP contribution is 2.36. The van der Waals surface area contributed by atoms with Gasteiger partial charge in [-0.05, 0) is 25.0 Å². The van der Waals surface area contributed by atoms with Crippen LogP contribution < -0.4 is 5.73 Å². The zero-order valence-electron chi connectivity index (χ0n) is 11.7. The van der Waals surface area contributed by atoms with Crippen LogP contribution in [0.1, 0.15) is 45.7 Å². The lowest BCUT2D eigenvalue weighted by Gasteiger charge is -2.22. The molecule has 0 aliphatic heterocycles. The summed E-state index contributed by atoms with van der Waals surface area (Å²) in [5.74, 6) is 0. The SMILES string of the molecule is C=C(C)C[C@@H](N)c1ccccc1SC(C)(C)C.Cl. The quantitative estimate of drug-likeness (QED) is 0.625. The van der Waals surface area contributed by atoms with Crippen LogP contribution in [0.2, 0.25) is 0 Å². The van der Waals surface area contributed by atoms with E-state index in [-0.39, 0.29) is 23.2 Å². The maximum absolute atomic E-state index is 6.24. The van der Waals surface area contributed by atoms with Crippen molar-refractivity contribution in [1.82, 2.24) is 0 Å². The first-order valence-electron chi connectivity index (χ1n) is 5.97. The molecule has 0 aliphatic rings. The molecule has 0 amide bonds. The van der Waals surface area contributed by atoms with E-state index in [1.807, 2.05) is 18.7 Å². The summed E-state index contributed by atoms with van der Waals surface area (Å²) in [4.78, 5) is 1.29. The van der Waals surface area contributed by atoms with E-state index in [4.69, 9.17) is 5.73 Å². The van der Waals surface area contributed by atoms with Crippen LogP contribution in [0.4, 0.5) is 0 Å². The van der Waals surface area contributed by atoms with Crippen molar-refractivity contribution in [3.63, 3.8) is 0 Å². The van der Waals surface area contributed by atoms with Crippen LogP contribution >= 0.6 is 24.2 Å². The fraction of sp³-hybridized carbons (Fsp3) is 0.467. The van der Waals surface area contributed by atoms with E-state index in [2.05, 4.69) is 51.6 Å². The van der Waals surface area contributed by atoms with Gasteiger partial charge in [0.25, 0.3) is 0 Å². The van der Waals surface area contributed by atoms with Crippen LogP contribution in [0.5, 0.6) is 0 Å². The Hall–Kier alpha value is -0.440. The summed E-state index contributed by atoms with van der Waals surface area (Å²) in [6, 6.07) is 8.47. The van der Waals surface area contributed by atoms with Crippen LogP contribution in [0.15, 0.2) is 41.3 Å². The number of benzene rings is 1. The molecule has 1 aromatic carbocycles. The second-order valence-corrected chi connectivity index (χ2v) is 7.39. The molecule has 0 aromatic heterocycles. The van der Waals surface area contributed by atoms with Gasteiger partial charge in [-0.2, -0.15) is 0 Å². The second kappa shape index (κ2) is 7.22. The van der Waals surface area contributed by atoms with Crippen LogP contribution in [-0.4, -0.2) is 4.75 Å².